The van der Waals surface area contributed by atoms with Gasteiger partial charge in [-0.05, 0) is 18.2 Å². The molecule has 0 saturated carbocycles. The van der Waals surface area contributed by atoms with Crippen LogP contribution in [0, 0.1) is 23.7 Å². The van der Waals surface area contributed by atoms with Crippen molar-refractivity contribution < 1.29 is 0 Å². The largest absolute Gasteiger partial charge is 0.374 e. The molecule has 0 aliphatic carbocycles. The van der Waals surface area contributed by atoms with Crippen LogP contribution >= 0.6 is 11.6 Å². The van der Waals surface area contributed by atoms with Gasteiger partial charge in [-0.25, -0.2) is 0 Å². The van der Waals surface area contributed by atoms with Gasteiger partial charge in [0.1, 0.15) is 6.07 Å². The molecule has 0 aromatic heterocycles. The minimum atomic E-state index is 0.437. The van der Waals surface area contributed by atoms with Crippen molar-refractivity contribution in [1.82, 2.24) is 0 Å². The quantitative estimate of drug-likeness (QED) is 0.727. The zero-order valence-electron chi connectivity index (χ0n) is 6.84. The first-order valence-electron chi connectivity index (χ1n) is 3.65. The van der Waals surface area contributed by atoms with Gasteiger partial charge in [0.25, 0.3) is 0 Å². The number of nitrogens with zero attached hydrogens (tertiary/aromatic N) is 1. The Kier molecular flexibility index (Phi) is 3.20. The van der Waals surface area contributed by atoms with E-state index in [1.165, 1.54) is 0 Å². The standard InChI is InChI=1S/C10H7ClN2/c1-2-5-13-9-3-4-10(11)8(6-9)7-12/h1,3-4,6,13H,5H2. The summed E-state index contributed by atoms with van der Waals surface area (Å²) in [4.78, 5) is 0. The minimum Gasteiger partial charge on any atom is -0.374 e. The van der Waals surface area contributed by atoms with Crippen molar-refractivity contribution in [2.24, 2.45) is 0 Å². The van der Waals surface area contributed by atoms with Crippen LogP contribution in [0.3, 0.4) is 0 Å². The fourth-order valence-corrected chi connectivity index (χ4v) is 1.03. The Morgan fingerprint density at radius 1 is 1.54 bits per heavy atom. The Labute approximate surface area is 82.1 Å². The van der Waals surface area contributed by atoms with Crippen LogP contribution in [0.1, 0.15) is 5.56 Å². The molecule has 0 spiro atoms. The molecule has 3 heteroatoms. The highest BCUT2D eigenvalue weighted by atomic mass is 35.5. The molecule has 1 aromatic rings. The molecule has 0 unspecified atom stereocenters. The lowest BCUT2D eigenvalue weighted by molar-refractivity contribution is 1.37. The Bertz CT molecular complexity index is 385. The summed E-state index contributed by atoms with van der Waals surface area (Å²) in [6.45, 7) is 0.437. The van der Waals surface area contributed by atoms with E-state index < -0.39 is 0 Å². The number of rotatable bonds is 2. The monoisotopic (exact) mass is 190 g/mol. The fourth-order valence-electron chi connectivity index (χ4n) is 0.874. The van der Waals surface area contributed by atoms with Gasteiger partial charge in [-0.2, -0.15) is 5.26 Å². The summed E-state index contributed by atoms with van der Waals surface area (Å²) in [6, 6.07) is 7.10. The average molecular weight is 191 g/mol. The molecule has 1 rings (SSSR count). The topological polar surface area (TPSA) is 35.8 Å². The Balaban J connectivity index is 2.89. The predicted octanol–water partition coefficient (Wildman–Crippen LogP) is 2.26. The zero-order valence-corrected chi connectivity index (χ0v) is 7.60. The lowest BCUT2D eigenvalue weighted by atomic mass is 10.2. The second-order valence-electron chi connectivity index (χ2n) is 2.36. The van der Waals surface area contributed by atoms with Crippen molar-refractivity contribution in [3.05, 3.63) is 28.8 Å². The molecule has 0 heterocycles. The molecule has 1 N–H and O–H groups in total. The maximum Gasteiger partial charge on any atom is 0.101 e. The molecule has 0 fully saturated rings. The fraction of sp³-hybridized carbons (Fsp3) is 0.100. The van der Waals surface area contributed by atoms with Crippen LogP contribution < -0.4 is 5.32 Å². The van der Waals surface area contributed by atoms with Gasteiger partial charge in [0.2, 0.25) is 0 Å². The van der Waals surface area contributed by atoms with Crippen LogP contribution in [0.4, 0.5) is 5.69 Å². The van der Waals surface area contributed by atoms with Crippen LogP contribution in [0.2, 0.25) is 5.02 Å². The molecule has 0 amide bonds. The average Bonchev–Trinajstić information content (AvgIpc) is 2.16. The van der Waals surface area contributed by atoms with E-state index in [-0.39, 0.29) is 0 Å². The number of terminal acetylenes is 1. The number of halogens is 1. The number of hydrogen-bond donors (Lipinski definition) is 1. The lowest BCUT2D eigenvalue weighted by Gasteiger charge is -2.02. The lowest BCUT2D eigenvalue weighted by Crippen LogP contribution is -1.98. The van der Waals surface area contributed by atoms with Crippen LogP contribution in [-0.2, 0) is 0 Å². The van der Waals surface area contributed by atoms with Crippen molar-refractivity contribution in [2.45, 2.75) is 0 Å². The molecule has 0 atom stereocenters. The first-order chi connectivity index (χ1) is 6.27. The van der Waals surface area contributed by atoms with Crippen LogP contribution in [0.5, 0.6) is 0 Å². The van der Waals surface area contributed by atoms with Gasteiger partial charge < -0.3 is 5.32 Å². The molecule has 0 aliphatic rings. The third kappa shape index (κ3) is 2.40. The van der Waals surface area contributed by atoms with E-state index in [1.807, 2.05) is 6.07 Å². The molecule has 64 valence electrons. The van der Waals surface area contributed by atoms with Gasteiger partial charge in [-0.15, -0.1) is 6.42 Å². The van der Waals surface area contributed by atoms with E-state index >= 15 is 0 Å². The smallest absolute Gasteiger partial charge is 0.101 e. The van der Waals surface area contributed by atoms with Gasteiger partial charge in [0, 0.05) is 5.69 Å². The Morgan fingerprint density at radius 3 is 2.92 bits per heavy atom. The molecular weight excluding hydrogens is 184 g/mol. The summed E-state index contributed by atoms with van der Waals surface area (Å²) >= 11 is 5.74. The van der Waals surface area contributed by atoms with E-state index in [0.717, 1.165) is 5.69 Å². The summed E-state index contributed by atoms with van der Waals surface area (Å²) in [6.07, 6.45) is 5.07. The van der Waals surface area contributed by atoms with Crippen molar-refractivity contribution in [3.63, 3.8) is 0 Å². The van der Waals surface area contributed by atoms with E-state index in [1.54, 1.807) is 18.2 Å². The summed E-state index contributed by atoms with van der Waals surface area (Å²) in [5, 5.41) is 12.1. The van der Waals surface area contributed by atoms with Crippen molar-refractivity contribution >= 4 is 17.3 Å². The van der Waals surface area contributed by atoms with Crippen molar-refractivity contribution in [1.29, 1.82) is 5.26 Å². The Morgan fingerprint density at radius 2 is 2.31 bits per heavy atom. The highest BCUT2D eigenvalue weighted by molar-refractivity contribution is 6.31. The van der Waals surface area contributed by atoms with Crippen LogP contribution in [-0.4, -0.2) is 6.54 Å². The van der Waals surface area contributed by atoms with Crippen molar-refractivity contribution in [2.75, 3.05) is 11.9 Å². The molecule has 1 aromatic carbocycles. The van der Waals surface area contributed by atoms with Gasteiger partial charge in [-0.1, -0.05) is 17.5 Å². The van der Waals surface area contributed by atoms with Crippen LogP contribution in [0.25, 0.3) is 0 Å². The third-order valence-corrected chi connectivity index (χ3v) is 1.81. The van der Waals surface area contributed by atoms with E-state index in [9.17, 15) is 0 Å². The maximum atomic E-state index is 8.67. The van der Waals surface area contributed by atoms with E-state index in [0.29, 0.717) is 17.1 Å². The normalized spacial score (nSPS) is 8.54. The minimum absolute atomic E-state index is 0.437. The van der Waals surface area contributed by atoms with Crippen LogP contribution in [0.15, 0.2) is 18.2 Å². The molecule has 0 saturated heterocycles. The van der Waals surface area contributed by atoms with Gasteiger partial charge in [-0.3, -0.25) is 0 Å². The number of nitriles is 1. The molecule has 0 aliphatic heterocycles. The predicted molar refractivity (Wildman–Crippen MR) is 53.5 cm³/mol. The van der Waals surface area contributed by atoms with Crippen molar-refractivity contribution in [3.8, 4) is 18.4 Å². The molecule has 13 heavy (non-hydrogen) atoms. The first kappa shape index (κ1) is 9.45. The number of anilines is 1. The summed E-state index contributed by atoms with van der Waals surface area (Å²) < 4.78 is 0. The Hall–Kier alpha value is -1.64. The van der Waals surface area contributed by atoms with Gasteiger partial charge in [0.15, 0.2) is 0 Å². The first-order valence-corrected chi connectivity index (χ1v) is 4.02. The molecule has 0 bridgehead atoms. The van der Waals surface area contributed by atoms with Gasteiger partial charge in [0.05, 0.1) is 17.1 Å². The molecule has 2 nitrogen and oxygen atoms in total. The SMILES string of the molecule is C#CCNc1ccc(Cl)c(C#N)c1. The summed E-state index contributed by atoms with van der Waals surface area (Å²) in [5.41, 5.74) is 1.25. The maximum absolute atomic E-state index is 8.67. The summed E-state index contributed by atoms with van der Waals surface area (Å²) in [5.74, 6) is 2.44. The van der Waals surface area contributed by atoms with E-state index in [2.05, 4.69) is 11.2 Å². The highest BCUT2D eigenvalue weighted by Crippen LogP contribution is 2.19. The van der Waals surface area contributed by atoms with E-state index in [4.69, 9.17) is 23.3 Å². The molecular formula is C10H7ClN2. The summed E-state index contributed by atoms with van der Waals surface area (Å²) in [7, 11) is 0. The number of nitrogens with one attached hydrogen (secondary N) is 1. The number of benzene rings is 1. The number of hydrogen-bond acceptors (Lipinski definition) is 2. The third-order valence-electron chi connectivity index (χ3n) is 1.48. The highest BCUT2D eigenvalue weighted by Gasteiger charge is 1.99. The second-order valence-corrected chi connectivity index (χ2v) is 2.77. The second kappa shape index (κ2) is 4.40. The van der Waals surface area contributed by atoms with Gasteiger partial charge >= 0.3 is 0 Å². The molecule has 0 radical (unpaired) electrons. The zero-order chi connectivity index (χ0) is 9.68.